The van der Waals surface area contributed by atoms with Crippen molar-refractivity contribution < 1.29 is 0 Å². The highest BCUT2D eigenvalue weighted by molar-refractivity contribution is 5.54. The van der Waals surface area contributed by atoms with E-state index in [0.29, 0.717) is 17.9 Å². The number of aromatic amines is 1. The van der Waals surface area contributed by atoms with Crippen LogP contribution in [0.3, 0.4) is 0 Å². The SMILES string of the molecule is C[C@H]1CCCN1c1nc(Nc2cc(C3CC3)[nH]n2)nc(N2CCNCC2)n1. The molecule has 0 radical (unpaired) electrons. The molecule has 4 heterocycles. The van der Waals surface area contributed by atoms with Crippen molar-refractivity contribution in [3.05, 3.63) is 11.8 Å². The van der Waals surface area contributed by atoms with Crippen LogP contribution in [-0.4, -0.2) is 63.9 Å². The molecule has 2 saturated heterocycles. The Labute approximate surface area is 159 Å². The summed E-state index contributed by atoms with van der Waals surface area (Å²) < 4.78 is 0. The Morgan fingerprint density at radius 2 is 1.85 bits per heavy atom. The summed E-state index contributed by atoms with van der Waals surface area (Å²) in [6.07, 6.45) is 4.86. The molecule has 0 amide bonds. The van der Waals surface area contributed by atoms with Gasteiger partial charge in [-0.15, -0.1) is 0 Å². The predicted molar refractivity (Wildman–Crippen MR) is 105 cm³/mol. The number of piperazine rings is 1. The molecular weight excluding hydrogens is 342 g/mol. The lowest BCUT2D eigenvalue weighted by Crippen LogP contribution is -2.44. The molecule has 2 aliphatic heterocycles. The van der Waals surface area contributed by atoms with E-state index in [1.165, 1.54) is 31.4 Å². The van der Waals surface area contributed by atoms with Crippen molar-refractivity contribution in [1.29, 1.82) is 0 Å². The van der Waals surface area contributed by atoms with Gasteiger partial charge in [0, 0.05) is 56.4 Å². The highest BCUT2D eigenvalue weighted by Gasteiger charge is 2.27. The summed E-state index contributed by atoms with van der Waals surface area (Å²) in [7, 11) is 0. The molecule has 9 heteroatoms. The van der Waals surface area contributed by atoms with Crippen LogP contribution in [0.15, 0.2) is 6.07 Å². The molecule has 0 aromatic carbocycles. The highest BCUT2D eigenvalue weighted by Crippen LogP contribution is 2.39. The Bertz CT molecular complexity index is 794. The summed E-state index contributed by atoms with van der Waals surface area (Å²) in [4.78, 5) is 18.8. The lowest BCUT2D eigenvalue weighted by molar-refractivity contribution is 0.578. The maximum Gasteiger partial charge on any atom is 0.235 e. The molecule has 3 fully saturated rings. The Balaban J connectivity index is 1.44. The van der Waals surface area contributed by atoms with E-state index >= 15 is 0 Å². The molecule has 2 aromatic heterocycles. The van der Waals surface area contributed by atoms with Gasteiger partial charge in [0.2, 0.25) is 17.8 Å². The number of anilines is 4. The van der Waals surface area contributed by atoms with E-state index in [0.717, 1.165) is 50.4 Å². The highest BCUT2D eigenvalue weighted by atomic mass is 15.4. The zero-order valence-corrected chi connectivity index (χ0v) is 15.8. The minimum absolute atomic E-state index is 0.461. The molecule has 0 spiro atoms. The fourth-order valence-corrected chi connectivity index (χ4v) is 3.89. The Hall–Kier alpha value is -2.42. The van der Waals surface area contributed by atoms with E-state index in [2.05, 4.69) is 43.6 Å². The van der Waals surface area contributed by atoms with Gasteiger partial charge in [-0.05, 0) is 32.6 Å². The van der Waals surface area contributed by atoms with Crippen molar-refractivity contribution in [1.82, 2.24) is 30.5 Å². The van der Waals surface area contributed by atoms with Crippen molar-refractivity contribution in [3.8, 4) is 0 Å². The molecule has 5 rings (SSSR count). The molecule has 2 aromatic rings. The molecule has 9 nitrogen and oxygen atoms in total. The predicted octanol–water partition coefficient (Wildman–Crippen LogP) is 1.61. The summed E-state index contributed by atoms with van der Waals surface area (Å²) in [5, 5.41) is 14.2. The van der Waals surface area contributed by atoms with Gasteiger partial charge in [0.25, 0.3) is 0 Å². The molecule has 144 valence electrons. The molecule has 0 bridgehead atoms. The fraction of sp³-hybridized carbons (Fsp3) is 0.667. The van der Waals surface area contributed by atoms with Crippen LogP contribution in [-0.2, 0) is 0 Å². The van der Waals surface area contributed by atoms with Crippen LogP contribution in [0.4, 0.5) is 23.7 Å². The number of nitrogens with zero attached hydrogens (tertiary/aromatic N) is 6. The maximum atomic E-state index is 4.81. The van der Waals surface area contributed by atoms with E-state index in [1.807, 2.05) is 0 Å². The Morgan fingerprint density at radius 3 is 2.59 bits per heavy atom. The minimum atomic E-state index is 0.461. The number of rotatable bonds is 5. The van der Waals surface area contributed by atoms with Gasteiger partial charge in [0.15, 0.2) is 5.82 Å². The first-order valence-corrected chi connectivity index (χ1v) is 10.1. The minimum Gasteiger partial charge on any atom is -0.338 e. The van der Waals surface area contributed by atoms with Crippen molar-refractivity contribution in [3.63, 3.8) is 0 Å². The lowest BCUT2D eigenvalue weighted by atomic mass is 10.2. The molecule has 1 saturated carbocycles. The van der Waals surface area contributed by atoms with Crippen molar-refractivity contribution in [2.45, 2.75) is 44.6 Å². The average molecular weight is 369 g/mol. The smallest absolute Gasteiger partial charge is 0.235 e. The topological polar surface area (TPSA) is 97.9 Å². The van der Waals surface area contributed by atoms with Gasteiger partial charge >= 0.3 is 0 Å². The number of nitrogens with one attached hydrogen (secondary N) is 3. The normalized spacial score (nSPS) is 23.1. The summed E-state index contributed by atoms with van der Waals surface area (Å²) in [5.41, 5.74) is 1.20. The average Bonchev–Trinajstić information content (AvgIpc) is 3.29. The van der Waals surface area contributed by atoms with E-state index in [9.17, 15) is 0 Å². The van der Waals surface area contributed by atoms with Crippen molar-refractivity contribution >= 4 is 23.7 Å². The van der Waals surface area contributed by atoms with Crippen LogP contribution in [0.1, 0.15) is 44.2 Å². The molecule has 1 atom stereocenters. The maximum absolute atomic E-state index is 4.81. The molecular formula is C18H27N9. The Kier molecular flexibility index (Phi) is 4.31. The molecule has 3 N–H and O–H groups in total. The quantitative estimate of drug-likeness (QED) is 0.731. The third-order valence-corrected chi connectivity index (χ3v) is 5.68. The molecule has 3 aliphatic rings. The van der Waals surface area contributed by atoms with Crippen LogP contribution >= 0.6 is 0 Å². The van der Waals surface area contributed by atoms with Gasteiger partial charge in [0.1, 0.15) is 0 Å². The van der Waals surface area contributed by atoms with E-state index in [1.54, 1.807) is 0 Å². The third-order valence-electron chi connectivity index (χ3n) is 5.68. The van der Waals surface area contributed by atoms with Crippen LogP contribution in [0.2, 0.25) is 0 Å². The van der Waals surface area contributed by atoms with Gasteiger partial charge in [-0.25, -0.2) is 0 Å². The first kappa shape index (κ1) is 16.7. The summed E-state index contributed by atoms with van der Waals surface area (Å²) in [5.74, 6) is 3.50. The summed E-state index contributed by atoms with van der Waals surface area (Å²) in [6.45, 7) is 6.96. The van der Waals surface area contributed by atoms with Gasteiger partial charge in [-0.1, -0.05) is 0 Å². The lowest BCUT2D eigenvalue weighted by Gasteiger charge is -2.29. The van der Waals surface area contributed by atoms with Crippen LogP contribution in [0, 0.1) is 0 Å². The standard InChI is InChI=1S/C18H27N9/c1-12-3-2-8-27(12)18-22-16(20-15-11-14(24-25-15)13-4-5-13)21-17(23-18)26-9-6-19-7-10-26/h11-13,19H,2-10H2,1H3,(H2,20,21,22,23,24,25)/t12-/m0/s1. The second-order valence-corrected chi connectivity index (χ2v) is 7.79. The fourth-order valence-electron chi connectivity index (χ4n) is 3.89. The van der Waals surface area contributed by atoms with Crippen LogP contribution in [0.5, 0.6) is 0 Å². The van der Waals surface area contributed by atoms with Gasteiger partial charge in [0.05, 0.1) is 0 Å². The Morgan fingerprint density at radius 1 is 1.04 bits per heavy atom. The first-order valence-electron chi connectivity index (χ1n) is 10.1. The molecule has 27 heavy (non-hydrogen) atoms. The molecule has 1 aliphatic carbocycles. The second kappa shape index (κ2) is 6.95. The number of H-pyrrole nitrogens is 1. The van der Waals surface area contributed by atoms with Gasteiger partial charge in [-0.3, -0.25) is 5.10 Å². The van der Waals surface area contributed by atoms with Gasteiger partial charge < -0.3 is 20.4 Å². The van der Waals surface area contributed by atoms with Crippen LogP contribution in [0.25, 0.3) is 0 Å². The second-order valence-electron chi connectivity index (χ2n) is 7.79. The largest absolute Gasteiger partial charge is 0.338 e. The third kappa shape index (κ3) is 3.55. The van der Waals surface area contributed by atoms with Crippen LogP contribution < -0.4 is 20.4 Å². The van der Waals surface area contributed by atoms with E-state index < -0.39 is 0 Å². The zero-order chi connectivity index (χ0) is 18.2. The summed E-state index contributed by atoms with van der Waals surface area (Å²) in [6, 6.07) is 2.53. The first-order chi connectivity index (χ1) is 13.3. The monoisotopic (exact) mass is 369 g/mol. The van der Waals surface area contributed by atoms with Crippen molar-refractivity contribution in [2.24, 2.45) is 0 Å². The van der Waals surface area contributed by atoms with E-state index in [-0.39, 0.29) is 0 Å². The van der Waals surface area contributed by atoms with Crippen molar-refractivity contribution in [2.75, 3.05) is 47.8 Å². The zero-order valence-electron chi connectivity index (χ0n) is 15.8. The van der Waals surface area contributed by atoms with E-state index in [4.69, 9.17) is 15.0 Å². The number of aromatic nitrogens is 5. The molecule has 0 unspecified atom stereocenters. The van der Waals surface area contributed by atoms with Gasteiger partial charge in [-0.2, -0.15) is 20.1 Å². The number of hydrogen-bond donors (Lipinski definition) is 3. The number of hydrogen-bond acceptors (Lipinski definition) is 8. The summed E-state index contributed by atoms with van der Waals surface area (Å²) >= 11 is 0.